The number of carbonyl (C=O) groups is 1. The van der Waals surface area contributed by atoms with Gasteiger partial charge >= 0.3 is 0 Å². The standard InChI is InChI=1S/C24H28N6O3S/c1-3-33-16-6-14-29-20-8-5-4-7-19(20)25-23(29)26-21(31)13-15-30-22(27-28-24(30)34)17-9-11-18(32-2)12-10-17/h4-5,7-12H,3,6,13-16H2,1-2H3,(H,28,34)(H,25,26,31). The van der Waals surface area contributed by atoms with Gasteiger partial charge in [0.25, 0.3) is 0 Å². The summed E-state index contributed by atoms with van der Waals surface area (Å²) in [6, 6.07) is 15.4. The van der Waals surface area contributed by atoms with E-state index in [1.54, 1.807) is 7.11 Å². The number of fused-ring (bicyclic) bond motifs is 1. The number of rotatable bonds is 11. The number of hydrogen-bond acceptors (Lipinski definition) is 6. The molecule has 0 saturated carbocycles. The molecule has 4 rings (SSSR count). The summed E-state index contributed by atoms with van der Waals surface area (Å²) in [5, 5.41) is 10.1. The molecule has 0 aliphatic rings. The molecular formula is C24H28N6O3S. The highest BCUT2D eigenvalue weighted by molar-refractivity contribution is 7.71. The zero-order valence-electron chi connectivity index (χ0n) is 19.3. The van der Waals surface area contributed by atoms with Crippen LogP contribution in [0.3, 0.4) is 0 Å². The van der Waals surface area contributed by atoms with Crippen molar-refractivity contribution in [2.45, 2.75) is 32.9 Å². The van der Waals surface area contributed by atoms with Gasteiger partial charge in [0.1, 0.15) is 5.75 Å². The first kappa shape index (κ1) is 23.7. The molecule has 2 N–H and O–H groups in total. The van der Waals surface area contributed by atoms with Crippen LogP contribution in [0.5, 0.6) is 5.75 Å². The number of H-pyrrole nitrogens is 1. The summed E-state index contributed by atoms with van der Waals surface area (Å²) in [4.78, 5) is 17.5. The van der Waals surface area contributed by atoms with Gasteiger partial charge < -0.3 is 14.0 Å². The minimum atomic E-state index is -0.148. The number of aromatic amines is 1. The summed E-state index contributed by atoms with van der Waals surface area (Å²) in [6.07, 6.45) is 1.05. The maximum Gasteiger partial charge on any atom is 0.228 e. The van der Waals surface area contributed by atoms with E-state index in [1.165, 1.54) is 0 Å². The number of para-hydroxylation sites is 2. The number of methoxy groups -OCH3 is 1. The van der Waals surface area contributed by atoms with Gasteiger partial charge in [-0.1, -0.05) is 12.1 Å². The Bertz CT molecular complexity index is 1310. The SMILES string of the molecule is CCOCCCn1c(NC(=O)CCn2c(-c3ccc(OC)cc3)n[nH]c2=S)nc2ccccc21. The third-order valence-electron chi connectivity index (χ3n) is 5.45. The van der Waals surface area contributed by atoms with Crippen molar-refractivity contribution in [1.29, 1.82) is 0 Å². The number of imidazole rings is 1. The Labute approximate surface area is 202 Å². The normalized spacial score (nSPS) is 11.1. The number of nitrogens with zero attached hydrogens (tertiary/aromatic N) is 4. The third-order valence-corrected chi connectivity index (χ3v) is 5.76. The van der Waals surface area contributed by atoms with Crippen molar-refractivity contribution in [3.05, 3.63) is 53.3 Å². The average Bonchev–Trinajstić information content (AvgIpc) is 3.40. The van der Waals surface area contributed by atoms with Gasteiger partial charge in [0, 0.05) is 38.3 Å². The minimum Gasteiger partial charge on any atom is -0.497 e. The third kappa shape index (κ3) is 5.35. The summed E-state index contributed by atoms with van der Waals surface area (Å²) in [7, 11) is 1.62. The number of nitrogens with one attached hydrogen (secondary N) is 2. The fraction of sp³-hybridized carbons (Fsp3) is 0.333. The van der Waals surface area contributed by atoms with Crippen molar-refractivity contribution in [3.8, 4) is 17.1 Å². The molecule has 0 aliphatic heterocycles. The molecule has 2 heterocycles. The molecule has 178 valence electrons. The van der Waals surface area contributed by atoms with Crippen LogP contribution in [-0.2, 0) is 22.6 Å². The molecule has 4 aromatic rings. The molecular weight excluding hydrogens is 452 g/mol. The van der Waals surface area contributed by atoms with Gasteiger partial charge in [0.2, 0.25) is 11.9 Å². The summed E-state index contributed by atoms with van der Waals surface area (Å²) in [6.45, 7) is 4.40. The molecule has 2 aromatic carbocycles. The van der Waals surface area contributed by atoms with E-state index in [0.29, 0.717) is 42.8 Å². The van der Waals surface area contributed by atoms with Crippen LogP contribution in [0.15, 0.2) is 48.5 Å². The highest BCUT2D eigenvalue weighted by Crippen LogP contribution is 2.22. The van der Waals surface area contributed by atoms with Gasteiger partial charge in [0.05, 0.1) is 18.1 Å². The lowest BCUT2D eigenvalue weighted by atomic mass is 10.2. The second-order valence-corrected chi connectivity index (χ2v) is 8.04. The summed E-state index contributed by atoms with van der Waals surface area (Å²) in [5.41, 5.74) is 2.70. The molecule has 0 fully saturated rings. The predicted octanol–water partition coefficient (Wildman–Crippen LogP) is 4.42. The summed E-state index contributed by atoms with van der Waals surface area (Å²) < 4.78 is 15.0. The fourth-order valence-electron chi connectivity index (χ4n) is 3.75. The molecule has 0 saturated heterocycles. The van der Waals surface area contributed by atoms with Crippen molar-refractivity contribution in [2.75, 3.05) is 25.6 Å². The number of hydrogen-bond donors (Lipinski definition) is 2. The van der Waals surface area contributed by atoms with E-state index in [2.05, 4.69) is 20.5 Å². The first-order valence-electron chi connectivity index (χ1n) is 11.2. The molecule has 10 heteroatoms. The van der Waals surface area contributed by atoms with Crippen molar-refractivity contribution in [3.63, 3.8) is 0 Å². The molecule has 2 aromatic heterocycles. The molecule has 34 heavy (non-hydrogen) atoms. The van der Waals surface area contributed by atoms with Gasteiger partial charge in [-0.25, -0.2) is 4.98 Å². The van der Waals surface area contributed by atoms with Crippen LogP contribution in [0.4, 0.5) is 5.95 Å². The van der Waals surface area contributed by atoms with Crippen molar-refractivity contribution < 1.29 is 14.3 Å². The number of anilines is 1. The van der Waals surface area contributed by atoms with E-state index in [9.17, 15) is 4.79 Å². The van der Waals surface area contributed by atoms with E-state index in [1.807, 2.05) is 64.6 Å². The summed E-state index contributed by atoms with van der Waals surface area (Å²) in [5.74, 6) is 1.82. The first-order chi connectivity index (χ1) is 16.6. The zero-order valence-corrected chi connectivity index (χ0v) is 20.1. The summed E-state index contributed by atoms with van der Waals surface area (Å²) >= 11 is 5.40. The lowest BCUT2D eigenvalue weighted by molar-refractivity contribution is -0.116. The first-order valence-corrected chi connectivity index (χ1v) is 11.6. The minimum absolute atomic E-state index is 0.148. The largest absolute Gasteiger partial charge is 0.497 e. The van der Waals surface area contributed by atoms with Crippen LogP contribution >= 0.6 is 12.2 Å². The number of aryl methyl sites for hydroxylation is 1. The smallest absolute Gasteiger partial charge is 0.228 e. The topological polar surface area (TPSA) is 99.0 Å². The molecule has 0 unspecified atom stereocenters. The highest BCUT2D eigenvalue weighted by atomic mass is 32.1. The van der Waals surface area contributed by atoms with E-state index in [0.717, 1.165) is 28.8 Å². The highest BCUT2D eigenvalue weighted by Gasteiger charge is 2.15. The molecule has 9 nitrogen and oxygen atoms in total. The van der Waals surface area contributed by atoms with Crippen molar-refractivity contribution >= 4 is 35.1 Å². The Kier molecular flexibility index (Phi) is 7.71. The van der Waals surface area contributed by atoms with Crippen LogP contribution in [0.25, 0.3) is 22.4 Å². The van der Waals surface area contributed by atoms with Crippen LogP contribution in [0.2, 0.25) is 0 Å². The number of amides is 1. The van der Waals surface area contributed by atoms with E-state index >= 15 is 0 Å². The van der Waals surface area contributed by atoms with Gasteiger partial charge in [-0.05, 0) is 62.0 Å². The number of carbonyl (C=O) groups excluding carboxylic acids is 1. The number of ether oxygens (including phenoxy) is 2. The van der Waals surface area contributed by atoms with Crippen LogP contribution < -0.4 is 10.1 Å². The fourth-order valence-corrected chi connectivity index (χ4v) is 3.98. The van der Waals surface area contributed by atoms with Gasteiger partial charge in [-0.3, -0.25) is 19.8 Å². The second kappa shape index (κ2) is 11.1. The van der Waals surface area contributed by atoms with Gasteiger partial charge in [0.15, 0.2) is 10.6 Å². The van der Waals surface area contributed by atoms with Crippen LogP contribution in [0.1, 0.15) is 19.8 Å². The number of benzene rings is 2. The molecule has 0 radical (unpaired) electrons. The van der Waals surface area contributed by atoms with Gasteiger partial charge in [-0.15, -0.1) is 0 Å². The Morgan fingerprint density at radius 1 is 1.12 bits per heavy atom. The van der Waals surface area contributed by atoms with E-state index < -0.39 is 0 Å². The maximum absolute atomic E-state index is 12.9. The Morgan fingerprint density at radius 3 is 2.68 bits per heavy atom. The molecule has 0 spiro atoms. The molecule has 0 bridgehead atoms. The van der Waals surface area contributed by atoms with E-state index in [4.69, 9.17) is 21.7 Å². The van der Waals surface area contributed by atoms with Crippen LogP contribution in [0, 0.1) is 4.77 Å². The maximum atomic E-state index is 12.9. The van der Waals surface area contributed by atoms with Crippen molar-refractivity contribution in [1.82, 2.24) is 24.3 Å². The lowest BCUT2D eigenvalue weighted by Gasteiger charge is -2.11. The Hall–Kier alpha value is -3.50. The average molecular weight is 481 g/mol. The molecule has 0 atom stereocenters. The van der Waals surface area contributed by atoms with Crippen LogP contribution in [-0.4, -0.2) is 50.5 Å². The van der Waals surface area contributed by atoms with Crippen molar-refractivity contribution in [2.24, 2.45) is 0 Å². The Morgan fingerprint density at radius 2 is 1.91 bits per heavy atom. The number of aromatic nitrogens is 5. The second-order valence-electron chi connectivity index (χ2n) is 7.66. The lowest BCUT2D eigenvalue weighted by Crippen LogP contribution is -2.18. The molecule has 1 amide bonds. The Balaban J connectivity index is 1.47. The van der Waals surface area contributed by atoms with Gasteiger partial charge in [-0.2, -0.15) is 5.10 Å². The monoisotopic (exact) mass is 480 g/mol. The van der Waals surface area contributed by atoms with E-state index in [-0.39, 0.29) is 12.3 Å². The predicted molar refractivity (Wildman–Crippen MR) is 133 cm³/mol. The molecule has 0 aliphatic carbocycles. The quantitative estimate of drug-likeness (QED) is 0.244. The zero-order chi connectivity index (χ0) is 23.9.